The predicted octanol–water partition coefficient (Wildman–Crippen LogP) is 3.68. The number of imide groups is 1. The van der Waals surface area contributed by atoms with Gasteiger partial charge in [-0.15, -0.1) is 10.2 Å². The highest BCUT2D eigenvalue weighted by Crippen LogP contribution is 2.28. The number of hydrogen-bond acceptors (Lipinski definition) is 6. The number of nitrogens with zero attached hydrogens (tertiary/aromatic N) is 3. The molecule has 0 aliphatic carbocycles. The number of urea groups is 1. The van der Waals surface area contributed by atoms with E-state index >= 15 is 0 Å². The van der Waals surface area contributed by atoms with Crippen molar-refractivity contribution in [2.45, 2.75) is 25.0 Å². The molecule has 152 valence electrons. The fourth-order valence-electron chi connectivity index (χ4n) is 2.50. The van der Waals surface area contributed by atoms with Gasteiger partial charge in [0, 0.05) is 6.54 Å². The zero-order valence-corrected chi connectivity index (χ0v) is 18.1. The van der Waals surface area contributed by atoms with E-state index in [0.29, 0.717) is 34.5 Å². The van der Waals surface area contributed by atoms with Crippen molar-refractivity contribution in [3.8, 4) is 11.6 Å². The summed E-state index contributed by atoms with van der Waals surface area (Å²) >= 11 is 4.50. The number of thioether (sulfide) groups is 1. The van der Waals surface area contributed by atoms with Crippen molar-refractivity contribution in [2.24, 2.45) is 0 Å². The van der Waals surface area contributed by atoms with Crippen LogP contribution in [0.5, 0.6) is 0 Å². The van der Waals surface area contributed by atoms with Crippen LogP contribution in [-0.4, -0.2) is 39.0 Å². The minimum Gasteiger partial charge on any atom is -0.446 e. The van der Waals surface area contributed by atoms with Crippen LogP contribution in [0.15, 0.2) is 56.7 Å². The Morgan fingerprint density at radius 3 is 2.66 bits per heavy atom. The molecule has 3 rings (SSSR count). The van der Waals surface area contributed by atoms with Crippen LogP contribution in [0.25, 0.3) is 11.6 Å². The van der Waals surface area contributed by atoms with Crippen molar-refractivity contribution in [1.82, 2.24) is 25.4 Å². The van der Waals surface area contributed by atoms with Gasteiger partial charge in [-0.2, -0.15) is 0 Å². The van der Waals surface area contributed by atoms with Crippen molar-refractivity contribution in [1.29, 1.82) is 0 Å². The summed E-state index contributed by atoms with van der Waals surface area (Å²) in [6.45, 7) is 2.97. The number of carbonyl (C=O) groups excluding carboxylic acids is 2. The zero-order chi connectivity index (χ0) is 20.6. The number of hydrogen-bond donors (Lipinski definition) is 2. The molecule has 2 heterocycles. The fourth-order valence-corrected chi connectivity index (χ4v) is 3.54. The normalized spacial score (nSPS) is 10.7. The maximum Gasteiger partial charge on any atom is 0.321 e. The number of carbonyl (C=O) groups is 2. The molecule has 0 bridgehead atoms. The number of nitrogens with one attached hydrogen (secondary N) is 2. The van der Waals surface area contributed by atoms with E-state index in [0.717, 1.165) is 12.0 Å². The summed E-state index contributed by atoms with van der Waals surface area (Å²) in [4.78, 5) is 23.7. The first-order valence-electron chi connectivity index (χ1n) is 9.00. The third kappa shape index (κ3) is 5.94. The van der Waals surface area contributed by atoms with Crippen molar-refractivity contribution < 1.29 is 14.0 Å². The molecule has 0 radical (unpaired) electrons. The Balaban J connectivity index is 1.75. The van der Waals surface area contributed by atoms with Crippen LogP contribution >= 0.6 is 27.7 Å². The van der Waals surface area contributed by atoms with E-state index in [9.17, 15) is 9.59 Å². The minimum atomic E-state index is -0.496. The monoisotopic (exact) mass is 477 g/mol. The molecule has 0 unspecified atom stereocenters. The summed E-state index contributed by atoms with van der Waals surface area (Å²) in [6.07, 6.45) is 0.796. The van der Waals surface area contributed by atoms with E-state index in [-0.39, 0.29) is 5.75 Å². The van der Waals surface area contributed by atoms with E-state index < -0.39 is 11.9 Å². The molecule has 8 nitrogen and oxygen atoms in total. The summed E-state index contributed by atoms with van der Waals surface area (Å²) in [7, 11) is 0. The molecule has 0 saturated carbocycles. The molecule has 0 atom stereocenters. The van der Waals surface area contributed by atoms with Gasteiger partial charge in [0.05, 0.1) is 12.3 Å². The minimum absolute atomic E-state index is 0.0360. The van der Waals surface area contributed by atoms with Gasteiger partial charge in [0.15, 0.2) is 15.6 Å². The molecule has 3 amide bonds. The smallest absolute Gasteiger partial charge is 0.321 e. The highest BCUT2D eigenvalue weighted by atomic mass is 79.9. The van der Waals surface area contributed by atoms with E-state index in [4.69, 9.17) is 4.42 Å². The molecule has 3 aromatic rings. The van der Waals surface area contributed by atoms with Crippen LogP contribution in [0.4, 0.5) is 4.79 Å². The van der Waals surface area contributed by atoms with Gasteiger partial charge in [0.2, 0.25) is 11.7 Å². The average Bonchev–Trinajstić information content (AvgIpc) is 3.31. The van der Waals surface area contributed by atoms with Crippen molar-refractivity contribution in [3.63, 3.8) is 0 Å². The van der Waals surface area contributed by atoms with Crippen molar-refractivity contribution >= 4 is 39.6 Å². The summed E-state index contributed by atoms with van der Waals surface area (Å²) < 4.78 is 8.10. The predicted molar refractivity (Wildman–Crippen MR) is 114 cm³/mol. The molecule has 10 heteroatoms. The van der Waals surface area contributed by atoms with E-state index in [2.05, 4.69) is 36.8 Å². The Morgan fingerprint density at radius 2 is 1.97 bits per heavy atom. The number of furan rings is 1. The maximum absolute atomic E-state index is 12.1. The standard InChI is InChI=1S/C19H20BrN5O3S/c1-2-10-21-18(27)22-16(26)12-29-19-24-23-17(14-8-9-15(20)28-14)25(19)11-13-6-4-3-5-7-13/h3-9H,2,10-12H2,1H3,(H2,21,22,26,27). The molecular weight excluding hydrogens is 458 g/mol. The van der Waals surface area contributed by atoms with Crippen molar-refractivity contribution in [2.75, 3.05) is 12.3 Å². The highest BCUT2D eigenvalue weighted by molar-refractivity contribution is 9.10. The van der Waals surface area contributed by atoms with E-state index in [1.165, 1.54) is 11.8 Å². The first kappa shape index (κ1) is 21.1. The fraction of sp³-hybridized carbons (Fsp3) is 0.263. The molecule has 0 saturated heterocycles. The summed E-state index contributed by atoms with van der Waals surface area (Å²) in [5.74, 6) is 0.757. The van der Waals surface area contributed by atoms with Gasteiger partial charge in [-0.05, 0) is 40.0 Å². The van der Waals surface area contributed by atoms with Crippen LogP contribution in [-0.2, 0) is 11.3 Å². The largest absolute Gasteiger partial charge is 0.446 e. The van der Waals surface area contributed by atoms with Crippen LogP contribution < -0.4 is 10.6 Å². The summed E-state index contributed by atoms with van der Waals surface area (Å²) in [5, 5.41) is 13.9. The van der Waals surface area contributed by atoms with Crippen LogP contribution in [0.3, 0.4) is 0 Å². The van der Waals surface area contributed by atoms with Gasteiger partial charge >= 0.3 is 6.03 Å². The van der Waals surface area contributed by atoms with Crippen LogP contribution in [0.1, 0.15) is 18.9 Å². The average molecular weight is 478 g/mol. The van der Waals surface area contributed by atoms with Crippen LogP contribution in [0, 0.1) is 0 Å². The van der Waals surface area contributed by atoms with Gasteiger partial charge in [-0.25, -0.2) is 4.79 Å². The second kappa shape index (κ2) is 10.3. The number of rotatable bonds is 8. The quantitative estimate of drug-likeness (QED) is 0.479. The SMILES string of the molecule is CCCNC(=O)NC(=O)CSc1nnc(-c2ccc(Br)o2)n1Cc1ccccc1. The Bertz CT molecular complexity index is 973. The Labute approximate surface area is 180 Å². The first-order chi connectivity index (χ1) is 14.1. The zero-order valence-electron chi connectivity index (χ0n) is 15.7. The number of halogens is 1. The van der Waals surface area contributed by atoms with Crippen LogP contribution in [0.2, 0.25) is 0 Å². The second-order valence-corrected chi connectivity index (χ2v) is 7.80. The number of aromatic nitrogens is 3. The lowest BCUT2D eigenvalue weighted by Gasteiger charge is -2.09. The molecule has 0 aliphatic heterocycles. The molecule has 2 aromatic heterocycles. The number of amides is 3. The van der Waals surface area contributed by atoms with Gasteiger partial charge < -0.3 is 9.73 Å². The van der Waals surface area contributed by atoms with E-state index in [1.54, 1.807) is 12.1 Å². The topological polar surface area (TPSA) is 102 Å². The molecule has 1 aromatic carbocycles. The Kier molecular flexibility index (Phi) is 7.48. The molecule has 2 N–H and O–H groups in total. The lowest BCUT2D eigenvalue weighted by atomic mass is 10.2. The number of benzene rings is 1. The summed E-state index contributed by atoms with van der Waals surface area (Å²) in [5.41, 5.74) is 1.06. The highest BCUT2D eigenvalue weighted by Gasteiger charge is 2.19. The first-order valence-corrected chi connectivity index (χ1v) is 10.8. The maximum atomic E-state index is 12.1. The summed E-state index contributed by atoms with van der Waals surface area (Å²) in [6, 6.07) is 13.0. The molecule has 0 fully saturated rings. The third-order valence-electron chi connectivity index (χ3n) is 3.81. The van der Waals surface area contributed by atoms with Crippen molar-refractivity contribution in [3.05, 3.63) is 52.7 Å². The molecule has 0 spiro atoms. The van der Waals surface area contributed by atoms with Gasteiger partial charge in [-0.3, -0.25) is 14.7 Å². The van der Waals surface area contributed by atoms with Gasteiger partial charge in [0.1, 0.15) is 0 Å². The van der Waals surface area contributed by atoms with Gasteiger partial charge in [-0.1, -0.05) is 49.0 Å². The third-order valence-corrected chi connectivity index (χ3v) is 5.21. The lowest BCUT2D eigenvalue weighted by Crippen LogP contribution is -2.40. The molecule has 29 heavy (non-hydrogen) atoms. The van der Waals surface area contributed by atoms with E-state index in [1.807, 2.05) is 41.8 Å². The second-order valence-electron chi connectivity index (χ2n) is 6.07. The Morgan fingerprint density at radius 1 is 1.17 bits per heavy atom. The molecular formula is C19H20BrN5O3S. The molecule has 0 aliphatic rings. The van der Waals surface area contributed by atoms with Gasteiger partial charge in [0.25, 0.3) is 0 Å². The lowest BCUT2D eigenvalue weighted by molar-refractivity contribution is -0.117. The Hall–Kier alpha value is -2.59.